The molecule has 0 spiro atoms. The molecule has 2 amide bonds. The molecular weight excluding hydrogens is 433 g/mol. The van der Waals surface area contributed by atoms with Gasteiger partial charge in [0, 0.05) is 18.1 Å². The van der Waals surface area contributed by atoms with Crippen molar-refractivity contribution in [2.45, 2.75) is 24.2 Å². The summed E-state index contributed by atoms with van der Waals surface area (Å²) in [5.41, 5.74) is 5.46. The van der Waals surface area contributed by atoms with Crippen LogP contribution in [0.5, 0.6) is 0 Å². The largest absolute Gasteiger partial charge is 0.273 e. The van der Waals surface area contributed by atoms with Gasteiger partial charge in [0.2, 0.25) is 21.8 Å². The van der Waals surface area contributed by atoms with Crippen molar-refractivity contribution in [2.75, 3.05) is 13.1 Å². The van der Waals surface area contributed by atoms with Crippen molar-refractivity contribution in [3.63, 3.8) is 0 Å². The summed E-state index contributed by atoms with van der Waals surface area (Å²) in [5, 5.41) is 0.560. The minimum absolute atomic E-state index is 0.0153. The lowest BCUT2D eigenvalue weighted by molar-refractivity contribution is -0.131. The molecule has 1 atom stereocenters. The average Bonchev–Trinajstić information content (AvgIpc) is 2.74. The molecule has 1 aliphatic heterocycles. The molecule has 0 aliphatic carbocycles. The number of carbonyl (C=O) groups is 2. The first-order chi connectivity index (χ1) is 14.3. The molecule has 1 aliphatic rings. The second kappa shape index (κ2) is 9.55. The van der Waals surface area contributed by atoms with Crippen LogP contribution in [0.4, 0.5) is 4.39 Å². The molecule has 2 aromatic carbocycles. The van der Waals surface area contributed by atoms with Gasteiger partial charge in [-0.25, -0.2) is 12.8 Å². The Morgan fingerprint density at radius 3 is 2.40 bits per heavy atom. The highest BCUT2D eigenvalue weighted by Gasteiger charge is 2.33. The lowest BCUT2D eigenvalue weighted by Gasteiger charge is -2.31. The van der Waals surface area contributed by atoms with Gasteiger partial charge in [0.15, 0.2) is 0 Å². The van der Waals surface area contributed by atoms with Crippen LogP contribution in [0.2, 0.25) is 5.02 Å². The summed E-state index contributed by atoms with van der Waals surface area (Å²) in [6, 6.07) is 11.3. The molecule has 1 saturated heterocycles. The maximum atomic E-state index is 13.1. The van der Waals surface area contributed by atoms with Crippen molar-refractivity contribution >= 4 is 33.4 Å². The highest BCUT2D eigenvalue weighted by molar-refractivity contribution is 7.89. The fraction of sp³-hybridized carbons (Fsp3) is 0.300. The number of sulfonamides is 1. The van der Waals surface area contributed by atoms with Crippen LogP contribution in [-0.2, 0) is 26.0 Å². The first-order valence-corrected chi connectivity index (χ1v) is 11.2. The van der Waals surface area contributed by atoms with Crippen molar-refractivity contribution in [1.29, 1.82) is 0 Å². The predicted octanol–water partition coefficient (Wildman–Crippen LogP) is 2.27. The number of rotatable bonds is 5. The lowest BCUT2D eigenvalue weighted by atomic mass is 9.99. The highest BCUT2D eigenvalue weighted by atomic mass is 35.5. The van der Waals surface area contributed by atoms with Gasteiger partial charge in [-0.1, -0.05) is 23.7 Å². The fourth-order valence-corrected chi connectivity index (χ4v) is 4.85. The van der Waals surface area contributed by atoms with Gasteiger partial charge in [0.25, 0.3) is 0 Å². The summed E-state index contributed by atoms with van der Waals surface area (Å²) >= 11 is 5.81. The number of piperidine rings is 1. The molecule has 10 heteroatoms. The molecule has 1 heterocycles. The fourth-order valence-electron chi connectivity index (χ4n) is 3.20. The van der Waals surface area contributed by atoms with Gasteiger partial charge in [-0.15, -0.1) is 0 Å². The number of nitrogens with zero attached hydrogens (tertiary/aromatic N) is 1. The van der Waals surface area contributed by atoms with Crippen molar-refractivity contribution in [3.8, 4) is 0 Å². The van der Waals surface area contributed by atoms with Crippen LogP contribution in [0, 0.1) is 11.7 Å². The first-order valence-electron chi connectivity index (χ1n) is 9.34. The summed E-state index contributed by atoms with van der Waals surface area (Å²) in [6.45, 7) is 0.255. The third kappa shape index (κ3) is 5.56. The molecular formula is C20H21ClFN3O4S. The third-order valence-electron chi connectivity index (χ3n) is 4.81. The molecule has 1 unspecified atom stereocenters. The number of hydrazine groups is 1. The molecule has 3 rings (SSSR count). The maximum Gasteiger partial charge on any atom is 0.243 e. The molecule has 0 aromatic heterocycles. The van der Waals surface area contributed by atoms with Gasteiger partial charge >= 0.3 is 0 Å². The Bertz CT molecular complexity index is 1010. The smallest absolute Gasteiger partial charge is 0.243 e. The van der Waals surface area contributed by atoms with E-state index in [1.54, 1.807) is 24.3 Å². The van der Waals surface area contributed by atoms with E-state index < -0.39 is 33.6 Å². The number of carbonyl (C=O) groups excluding carboxylic acids is 2. The Morgan fingerprint density at radius 2 is 1.73 bits per heavy atom. The number of nitrogens with one attached hydrogen (secondary N) is 2. The topological polar surface area (TPSA) is 95.6 Å². The summed E-state index contributed by atoms with van der Waals surface area (Å²) in [6.07, 6.45) is 1.05. The van der Waals surface area contributed by atoms with E-state index in [-0.39, 0.29) is 24.4 Å². The van der Waals surface area contributed by atoms with Crippen LogP contribution in [0.15, 0.2) is 53.4 Å². The zero-order chi connectivity index (χ0) is 21.7. The van der Waals surface area contributed by atoms with E-state index in [4.69, 9.17) is 11.6 Å². The molecule has 0 bridgehead atoms. The molecule has 2 aromatic rings. The summed E-state index contributed by atoms with van der Waals surface area (Å²) in [7, 11) is -3.83. The van der Waals surface area contributed by atoms with Gasteiger partial charge < -0.3 is 0 Å². The Labute approximate surface area is 179 Å². The Morgan fingerprint density at radius 1 is 1.07 bits per heavy atom. The van der Waals surface area contributed by atoms with Gasteiger partial charge in [0.05, 0.1) is 17.2 Å². The monoisotopic (exact) mass is 453 g/mol. The van der Waals surface area contributed by atoms with Crippen LogP contribution in [0.3, 0.4) is 0 Å². The highest BCUT2D eigenvalue weighted by Crippen LogP contribution is 2.24. The number of benzene rings is 2. The van der Waals surface area contributed by atoms with E-state index in [1.807, 2.05) is 0 Å². The van der Waals surface area contributed by atoms with Crippen molar-refractivity contribution < 1.29 is 22.4 Å². The predicted molar refractivity (Wildman–Crippen MR) is 109 cm³/mol. The van der Waals surface area contributed by atoms with E-state index >= 15 is 0 Å². The molecule has 30 heavy (non-hydrogen) atoms. The molecule has 2 N–H and O–H groups in total. The van der Waals surface area contributed by atoms with E-state index in [9.17, 15) is 22.4 Å². The SMILES string of the molecule is O=C(Cc1ccc(Cl)cc1)NNC(=O)C1CCCN(S(=O)(=O)c2ccc(F)cc2)C1. The molecule has 1 fully saturated rings. The van der Waals surface area contributed by atoms with E-state index in [1.165, 1.54) is 16.4 Å². The minimum Gasteiger partial charge on any atom is -0.273 e. The van der Waals surface area contributed by atoms with Crippen LogP contribution < -0.4 is 10.9 Å². The van der Waals surface area contributed by atoms with E-state index in [0.29, 0.717) is 17.9 Å². The van der Waals surface area contributed by atoms with Crippen molar-refractivity contribution in [1.82, 2.24) is 15.2 Å². The lowest BCUT2D eigenvalue weighted by Crippen LogP contribution is -2.50. The Kier molecular flexibility index (Phi) is 7.06. The summed E-state index contributed by atoms with van der Waals surface area (Å²) in [5.74, 6) is -2.00. The standard InChI is InChI=1S/C20H21ClFN3O4S/c21-16-5-3-14(4-6-16)12-19(26)23-24-20(27)15-2-1-11-25(13-15)30(28,29)18-9-7-17(22)8-10-18/h3-10,15H,1-2,11-13H2,(H,23,26)(H,24,27). The number of hydrogen-bond acceptors (Lipinski definition) is 4. The normalized spacial score (nSPS) is 17.3. The summed E-state index contributed by atoms with van der Waals surface area (Å²) in [4.78, 5) is 24.4. The van der Waals surface area contributed by atoms with Gasteiger partial charge in [-0.05, 0) is 54.8 Å². The van der Waals surface area contributed by atoms with Gasteiger partial charge in [0.1, 0.15) is 5.82 Å². The van der Waals surface area contributed by atoms with Gasteiger partial charge in [-0.3, -0.25) is 20.4 Å². The van der Waals surface area contributed by atoms with Crippen LogP contribution >= 0.6 is 11.6 Å². The van der Waals surface area contributed by atoms with Crippen molar-refractivity contribution in [2.24, 2.45) is 5.92 Å². The second-order valence-corrected chi connectivity index (χ2v) is 9.37. The Hall–Kier alpha value is -2.49. The minimum atomic E-state index is -3.83. The molecule has 0 saturated carbocycles. The zero-order valence-corrected chi connectivity index (χ0v) is 17.5. The summed E-state index contributed by atoms with van der Waals surface area (Å²) < 4.78 is 39.8. The maximum absolute atomic E-state index is 13.1. The molecule has 7 nitrogen and oxygen atoms in total. The average molecular weight is 454 g/mol. The number of hydrogen-bond donors (Lipinski definition) is 2. The quantitative estimate of drug-likeness (QED) is 0.679. The van der Waals surface area contributed by atoms with Gasteiger partial charge in [-0.2, -0.15) is 4.31 Å². The number of halogens is 2. The van der Waals surface area contributed by atoms with Crippen LogP contribution in [0.1, 0.15) is 18.4 Å². The first kappa shape index (κ1) is 22.2. The molecule has 0 radical (unpaired) electrons. The van der Waals surface area contributed by atoms with E-state index in [0.717, 1.165) is 17.7 Å². The van der Waals surface area contributed by atoms with Crippen LogP contribution in [0.25, 0.3) is 0 Å². The zero-order valence-electron chi connectivity index (χ0n) is 16.0. The van der Waals surface area contributed by atoms with Crippen molar-refractivity contribution in [3.05, 3.63) is 64.9 Å². The second-order valence-electron chi connectivity index (χ2n) is 7.00. The van der Waals surface area contributed by atoms with Crippen LogP contribution in [-0.4, -0.2) is 37.6 Å². The molecule has 160 valence electrons. The van der Waals surface area contributed by atoms with E-state index in [2.05, 4.69) is 10.9 Å². The Balaban J connectivity index is 1.55. The third-order valence-corrected chi connectivity index (χ3v) is 6.94. The number of amides is 2.